The van der Waals surface area contributed by atoms with Crippen LogP contribution in [0, 0.1) is 12.7 Å². The number of carbonyl (C=O) groups is 1. The molecule has 200 valence electrons. The quantitative estimate of drug-likeness (QED) is 0.347. The number of nitrogens with one attached hydrogen (secondary N) is 2. The van der Waals surface area contributed by atoms with Crippen LogP contribution in [-0.4, -0.2) is 58.6 Å². The van der Waals surface area contributed by atoms with Crippen molar-refractivity contribution < 1.29 is 9.18 Å². The lowest BCUT2D eigenvalue weighted by atomic mass is 10.1. The Hall–Kier alpha value is -4.57. The number of halogens is 1. The van der Waals surface area contributed by atoms with Crippen LogP contribution >= 0.6 is 0 Å². The predicted molar refractivity (Wildman–Crippen MR) is 153 cm³/mol. The zero-order chi connectivity index (χ0) is 27.7. The van der Waals surface area contributed by atoms with Gasteiger partial charge in [0.25, 0.3) is 0 Å². The van der Waals surface area contributed by atoms with Gasteiger partial charge < -0.3 is 20.4 Å². The molecule has 2 aromatic carbocycles. The molecule has 1 saturated heterocycles. The third-order valence-electron chi connectivity index (χ3n) is 7.00. The Kier molecular flexibility index (Phi) is 7.12. The molecule has 4 aromatic rings. The summed E-state index contributed by atoms with van der Waals surface area (Å²) in [5.74, 6) is -0.464. The van der Waals surface area contributed by atoms with Crippen LogP contribution in [0.4, 0.5) is 27.4 Å². The second-order valence-corrected chi connectivity index (χ2v) is 9.76. The molecule has 3 heterocycles. The minimum atomic E-state index is -0.394. The van der Waals surface area contributed by atoms with Crippen LogP contribution in [0.2, 0.25) is 0 Å². The van der Waals surface area contributed by atoms with Gasteiger partial charge in [-0.15, -0.1) is 0 Å². The number of aromatic nitrogens is 3. The van der Waals surface area contributed by atoms with Gasteiger partial charge in [0.1, 0.15) is 5.82 Å². The average Bonchev–Trinajstić information content (AvgIpc) is 3.34. The number of hydrogen-bond acceptors (Lipinski definition) is 7. The number of fused-ring (bicyclic) bond motifs is 1. The van der Waals surface area contributed by atoms with Gasteiger partial charge in [0.2, 0.25) is 11.9 Å². The van der Waals surface area contributed by atoms with Gasteiger partial charge in [-0.3, -0.25) is 14.2 Å². The molecule has 1 unspecified atom stereocenters. The highest BCUT2D eigenvalue weighted by molar-refractivity contribution is 6.01. The van der Waals surface area contributed by atoms with E-state index in [2.05, 4.69) is 44.0 Å². The Bertz CT molecular complexity index is 1630. The lowest BCUT2D eigenvalue weighted by molar-refractivity contribution is -0.111. The molecule has 1 fully saturated rings. The van der Waals surface area contributed by atoms with Crippen LogP contribution in [0.5, 0.6) is 0 Å². The standard InChI is InChI=1S/C29H30FN7O2/c1-5-27(39)33-24-15-20(9-10-25(24)36(4)22-11-12-35(3)17-22)32-29-31-16-23-26(38)13-18(2)37(28(23)34-29)21-8-6-7-19(30)14-21/h5-10,13-16,22H,1,11-12,17H2,2-4H3,(H,33,39)(H,31,32,34). The first kappa shape index (κ1) is 26.1. The molecule has 0 spiro atoms. The summed E-state index contributed by atoms with van der Waals surface area (Å²) in [7, 11) is 4.12. The monoisotopic (exact) mass is 527 g/mol. The summed E-state index contributed by atoms with van der Waals surface area (Å²) >= 11 is 0. The van der Waals surface area contributed by atoms with E-state index in [-0.39, 0.29) is 17.3 Å². The zero-order valence-electron chi connectivity index (χ0n) is 22.1. The first-order valence-corrected chi connectivity index (χ1v) is 12.6. The summed E-state index contributed by atoms with van der Waals surface area (Å²) in [4.78, 5) is 38.4. The van der Waals surface area contributed by atoms with Crippen molar-refractivity contribution in [2.45, 2.75) is 19.4 Å². The molecule has 9 nitrogen and oxygen atoms in total. The van der Waals surface area contributed by atoms with E-state index in [4.69, 9.17) is 0 Å². The van der Waals surface area contributed by atoms with E-state index < -0.39 is 5.82 Å². The molecule has 0 bridgehead atoms. The van der Waals surface area contributed by atoms with Crippen molar-refractivity contribution in [1.82, 2.24) is 19.4 Å². The number of anilines is 4. The first-order chi connectivity index (χ1) is 18.7. The maximum Gasteiger partial charge on any atom is 0.247 e. The summed E-state index contributed by atoms with van der Waals surface area (Å²) in [5, 5.41) is 6.41. The SMILES string of the molecule is C=CC(=O)Nc1cc(Nc2ncc3c(=O)cc(C)n(-c4cccc(F)c4)c3n2)ccc1N(C)C1CCN(C)C1. The molecular formula is C29H30FN7O2. The first-order valence-electron chi connectivity index (χ1n) is 12.6. The molecule has 1 aliphatic heterocycles. The van der Waals surface area contributed by atoms with E-state index in [0.717, 1.165) is 25.2 Å². The number of likely N-dealkylation sites (tertiary alicyclic amines) is 1. The molecule has 5 rings (SSSR count). The van der Waals surface area contributed by atoms with E-state index >= 15 is 0 Å². The van der Waals surface area contributed by atoms with E-state index in [1.807, 2.05) is 25.2 Å². The second-order valence-electron chi connectivity index (χ2n) is 9.76. The summed E-state index contributed by atoms with van der Waals surface area (Å²) < 4.78 is 15.8. The van der Waals surface area contributed by atoms with E-state index in [1.54, 1.807) is 23.6 Å². The Balaban J connectivity index is 1.53. The van der Waals surface area contributed by atoms with Crippen molar-refractivity contribution in [2.24, 2.45) is 0 Å². The van der Waals surface area contributed by atoms with Crippen molar-refractivity contribution in [1.29, 1.82) is 0 Å². The Morgan fingerprint density at radius 1 is 1.23 bits per heavy atom. The van der Waals surface area contributed by atoms with Gasteiger partial charge in [-0.2, -0.15) is 4.98 Å². The van der Waals surface area contributed by atoms with Crippen LogP contribution < -0.4 is 21.0 Å². The molecule has 1 aliphatic rings. The van der Waals surface area contributed by atoms with Gasteiger partial charge in [-0.1, -0.05) is 12.6 Å². The molecule has 0 saturated carbocycles. The van der Waals surface area contributed by atoms with Gasteiger partial charge in [-0.05, 0) is 69.4 Å². The molecular weight excluding hydrogens is 497 g/mol. The van der Waals surface area contributed by atoms with Gasteiger partial charge in [0.15, 0.2) is 11.1 Å². The molecule has 0 radical (unpaired) electrons. The highest BCUT2D eigenvalue weighted by Crippen LogP contribution is 2.32. The van der Waals surface area contributed by atoms with Crippen molar-refractivity contribution >= 4 is 40.0 Å². The molecule has 0 aliphatic carbocycles. The highest BCUT2D eigenvalue weighted by Gasteiger charge is 2.25. The zero-order valence-corrected chi connectivity index (χ0v) is 22.1. The highest BCUT2D eigenvalue weighted by atomic mass is 19.1. The van der Waals surface area contributed by atoms with E-state index in [9.17, 15) is 14.0 Å². The summed E-state index contributed by atoms with van der Waals surface area (Å²) in [5.41, 5.74) is 3.43. The minimum Gasteiger partial charge on any atom is -0.369 e. The number of nitrogens with zero attached hydrogens (tertiary/aromatic N) is 5. The summed E-state index contributed by atoms with van der Waals surface area (Å²) in [6.45, 7) is 7.29. The van der Waals surface area contributed by atoms with E-state index in [0.29, 0.717) is 39.8 Å². The van der Waals surface area contributed by atoms with Crippen molar-refractivity contribution in [2.75, 3.05) is 42.7 Å². The lowest BCUT2D eigenvalue weighted by Crippen LogP contribution is -2.34. The number of pyridine rings is 1. The predicted octanol–water partition coefficient (Wildman–Crippen LogP) is 4.24. The second kappa shape index (κ2) is 10.7. The largest absolute Gasteiger partial charge is 0.369 e. The third-order valence-corrected chi connectivity index (χ3v) is 7.00. The van der Waals surface area contributed by atoms with Gasteiger partial charge in [-0.25, -0.2) is 9.37 Å². The van der Waals surface area contributed by atoms with Crippen LogP contribution in [0.3, 0.4) is 0 Å². The average molecular weight is 528 g/mol. The lowest BCUT2D eigenvalue weighted by Gasteiger charge is -2.29. The molecule has 2 N–H and O–H groups in total. The smallest absolute Gasteiger partial charge is 0.247 e. The maximum absolute atomic E-state index is 14.0. The topological polar surface area (TPSA) is 95.4 Å². The van der Waals surface area contributed by atoms with Crippen molar-refractivity contribution in [3.05, 3.63) is 89.1 Å². The molecule has 39 heavy (non-hydrogen) atoms. The van der Waals surface area contributed by atoms with Gasteiger partial charge >= 0.3 is 0 Å². The molecule has 1 atom stereocenters. The van der Waals surface area contributed by atoms with Crippen LogP contribution in [-0.2, 0) is 4.79 Å². The van der Waals surface area contributed by atoms with Crippen molar-refractivity contribution in [3.8, 4) is 5.69 Å². The molecule has 2 aromatic heterocycles. The number of amides is 1. The third kappa shape index (κ3) is 5.37. The molecule has 10 heteroatoms. The Morgan fingerprint density at radius 3 is 2.77 bits per heavy atom. The van der Waals surface area contributed by atoms with Gasteiger partial charge in [0, 0.05) is 43.3 Å². The maximum atomic E-state index is 14.0. The summed E-state index contributed by atoms with van der Waals surface area (Å²) in [6, 6.07) is 13.5. The number of carbonyl (C=O) groups excluding carboxylic acids is 1. The normalized spacial score (nSPS) is 15.3. The number of hydrogen-bond donors (Lipinski definition) is 2. The number of aryl methyl sites for hydroxylation is 1. The fraction of sp³-hybridized carbons (Fsp3) is 0.241. The number of rotatable bonds is 7. The summed E-state index contributed by atoms with van der Waals surface area (Å²) in [6.07, 6.45) is 3.72. The van der Waals surface area contributed by atoms with Crippen LogP contribution in [0.1, 0.15) is 12.1 Å². The Labute approximate surface area is 225 Å². The van der Waals surface area contributed by atoms with Crippen molar-refractivity contribution in [3.63, 3.8) is 0 Å². The molecule has 1 amide bonds. The van der Waals surface area contributed by atoms with E-state index in [1.165, 1.54) is 30.5 Å². The van der Waals surface area contributed by atoms with Crippen LogP contribution in [0.15, 0.2) is 72.2 Å². The number of likely N-dealkylation sites (N-methyl/N-ethyl adjacent to an activating group) is 2. The van der Waals surface area contributed by atoms with Crippen LogP contribution in [0.25, 0.3) is 16.7 Å². The Morgan fingerprint density at radius 2 is 2.05 bits per heavy atom. The fourth-order valence-corrected chi connectivity index (χ4v) is 4.98. The fourth-order valence-electron chi connectivity index (χ4n) is 4.98. The van der Waals surface area contributed by atoms with Gasteiger partial charge in [0.05, 0.1) is 22.4 Å². The minimum absolute atomic E-state index is 0.221. The number of benzene rings is 2.